The van der Waals surface area contributed by atoms with Gasteiger partial charge in [0, 0.05) is 30.3 Å². The van der Waals surface area contributed by atoms with Gasteiger partial charge in [0.15, 0.2) is 0 Å². The summed E-state index contributed by atoms with van der Waals surface area (Å²) in [5.74, 6) is 0. The maximum atomic E-state index is 6.09. The van der Waals surface area contributed by atoms with Gasteiger partial charge in [0.25, 0.3) is 0 Å². The molecule has 120 valence electrons. The monoisotopic (exact) mass is 320 g/mol. The van der Waals surface area contributed by atoms with E-state index in [1.54, 1.807) is 0 Å². The number of nitrogens with zero attached hydrogens (tertiary/aromatic N) is 3. The molecule has 1 aromatic carbocycles. The Hall–Kier alpha value is -1.55. The lowest BCUT2D eigenvalue weighted by Gasteiger charge is -2.25. The summed E-state index contributed by atoms with van der Waals surface area (Å²) < 4.78 is 0. The second kappa shape index (κ2) is 8.18. The van der Waals surface area contributed by atoms with E-state index in [-0.39, 0.29) is 6.04 Å². The fourth-order valence-electron chi connectivity index (χ4n) is 2.57. The van der Waals surface area contributed by atoms with Gasteiger partial charge in [-0.25, -0.2) is 0 Å². The van der Waals surface area contributed by atoms with E-state index in [1.807, 2.05) is 30.3 Å². The van der Waals surface area contributed by atoms with Crippen molar-refractivity contribution in [3.63, 3.8) is 0 Å². The second-order valence-electron chi connectivity index (χ2n) is 5.80. The van der Waals surface area contributed by atoms with E-state index < -0.39 is 0 Å². The predicted octanol–water partition coefficient (Wildman–Crippen LogP) is 4.94. The Labute approximate surface area is 138 Å². The van der Waals surface area contributed by atoms with Gasteiger partial charge < -0.3 is 5.32 Å². The van der Waals surface area contributed by atoms with Crippen LogP contribution in [0.2, 0.25) is 5.02 Å². The van der Waals surface area contributed by atoms with Crippen molar-refractivity contribution in [1.29, 1.82) is 0 Å². The summed E-state index contributed by atoms with van der Waals surface area (Å²) >= 11 is 6.09. The van der Waals surface area contributed by atoms with Crippen LogP contribution in [0.3, 0.4) is 0 Å². The van der Waals surface area contributed by atoms with Gasteiger partial charge in [0.1, 0.15) is 0 Å². The molecule has 0 aliphatic carbocycles. The molecule has 1 aromatic rings. The van der Waals surface area contributed by atoms with Crippen molar-refractivity contribution in [3.05, 3.63) is 40.9 Å². The summed E-state index contributed by atoms with van der Waals surface area (Å²) in [4.78, 5) is 0. The van der Waals surface area contributed by atoms with E-state index in [1.165, 1.54) is 5.57 Å². The van der Waals surface area contributed by atoms with Gasteiger partial charge in [-0.1, -0.05) is 41.5 Å². The maximum absolute atomic E-state index is 6.09. The van der Waals surface area contributed by atoms with Crippen molar-refractivity contribution >= 4 is 17.3 Å². The Balaban J connectivity index is 2.18. The van der Waals surface area contributed by atoms with Crippen molar-refractivity contribution in [2.24, 2.45) is 10.3 Å². The molecule has 1 heterocycles. The van der Waals surface area contributed by atoms with Crippen LogP contribution in [-0.2, 0) is 0 Å². The molecule has 0 spiro atoms. The highest BCUT2D eigenvalue weighted by Crippen LogP contribution is 2.22. The zero-order valence-corrected chi connectivity index (χ0v) is 14.3. The Bertz CT molecular complexity index is 541. The van der Waals surface area contributed by atoms with Crippen LogP contribution in [0.25, 0.3) is 0 Å². The molecule has 2 atom stereocenters. The normalized spacial score (nSPS) is 26.9. The topological polar surface area (TPSA) is 40.0 Å². The van der Waals surface area contributed by atoms with Gasteiger partial charge >= 0.3 is 0 Å². The van der Waals surface area contributed by atoms with Crippen LogP contribution in [0.1, 0.15) is 33.1 Å². The van der Waals surface area contributed by atoms with Gasteiger partial charge in [0.05, 0.1) is 6.04 Å². The molecule has 4 nitrogen and oxygen atoms in total. The molecule has 0 fully saturated rings. The lowest BCUT2D eigenvalue weighted by atomic mass is 9.98. The number of halogens is 1. The van der Waals surface area contributed by atoms with Crippen molar-refractivity contribution in [2.75, 3.05) is 18.9 Å². The number of benzene rings is 1. The number of anilines is 1. The van der Waals surface area contributed by atoms with Gasteiger partial charge in [-0.05, 0) is 44.4 Å². The standard InChI is InChI=1S/C17H25ClN4/c1-4-14-9-8-13(2)20-21-22(3)11-10-17(14)19-16-7-5-6-15(18)12-16/h5-7,9,12-13,17,19H,4,8,10-11H2,1-3H3/b14-9+,21-20-. The van der Waals surface area contributed by atoms with Crippen LogP contribution in [-0.4, -0.2) is 30.7 Å². The average molecular weight is 321 g/mol. The molecular formula is C17H25ClN4. The second-order valence-corrected chi connectivity index (χ2v) is 6.24. The maximum Gasteiger partial charge on any atom is 0.0736 e. The smallest absolute Gasteiger partial charge is 0.0736 e. The molecule has 0 radical (unpaired) electrons. The SMILES string of the molecule is CC/C1=C\CC(C)/N=N\N(C)CCC1Nc1cccc(Cl)c1. The first-order valence-corrected chi connectivity index (χ1v) is 8.29. The molecule has 0 aromatic heterocycles. The fraction of sp³-hybridized carbons (Fsp3) is 0.529. The molecule has 1 aliphatic rings. The Kier molecular flexibility index (Phi) is 6.25. The van der Waals surface area contributed by atoms with Crippen molar-refractivity contribution < 1.29 is 0 Å². The highest BCUT2D eigenvalue weighted by molar-refractivity contribution is 6.30. The molecule has 5 heteroatoms. The predicted molar refractivity (Wildman–Crippen MR) is 93.4 cm³/mol. The summed E-state index contributed by atoms with van der Waals surface area (Å²) in [6.45, 7) is 5.17. The summed E-state index contributed by atoms with van der Waals surface area (Å²) in [5.41, 5.74) is 2.49. The average Bonchev–Trinajstić information content (AvgIpc) is 2.50. The Morgan fingerprint density at radius 1 is 1.41 bits per heavy atom. The van der Waals surface area contributed by atoms with Gasteiger partial charge in [0.2, 0.25) is 0 Å². The molecule has 2 rings (SSSR count). The van der Waals surface area contributed by atoms with E-state index in [2.05, 4.69) is 41.6 Å². The van der Waals surface area contributed by atoms with E-state index in [9.17, 15) is 0 Å². The fourth-order valence-corrected chi connectivity index (χ4v) is 2.76. The van der Waals surface area contributed by atoms with E-state index in [0.717, 1.165) is 36.5 Å². The van der Waals surface area contributed by atoms with E-state index in [0.29, 0.717) is 6.04 Å². The molecule has 2 unspecified atom stereocenters. The van der Waals surface area contributed by atoms with Gasteiger partial charge in [-0.3, -0.25) is 5.01 Å². The molecule has 0 saturated heterocycles. The van der Waals surface area contributed by atoms with Crippen LogP contribution < -0.4 is 5.32 Å². The molecule has 1 N–H and O–H groups in total. The van der Waals surface area contributed by atoms with Crippen LogP contribution in [0.5, 0.6) is 0 Å². The molecule has 22 heavy (non-hydrogen) atoms. The largest absolute Gasteiger partial charge is 0.378 e. The lowest BCUT2D eigenvalue weighted by molar-refractivity contribution is 0.308. The van der Waals surface area contributed by atoms with Crippen molar-refractivity contribution in [1.82, 2.24) is 5.01 Å². The zero-order chi connectivity index (χ0) is 15.9. The number of nitrogens with one attached hydrogen (secondary N) is 1. The minimum absolute atomic E-state index is 0.217. The number of hydrogen-bond donors (Lipinski definition) is 1. The highest BCUT2D eigenvalue weighted by Gasteiger charge is 2.15. The summed E-state index contributed by atoms with van der Waals surface area (Å²) in [7, 11) is 1.98. The molecule has 0 bridgehead atoms. The van der Waals surface area contributed by atoms with E-state index >= 15 is 0 Å². The quantitative estimate of drug-likeness (QED) is 0.801. The first kappa shape index (κ1) is 16.8. The Morgan fingerprint density at radius 3 is 2.95 bits per heavy atom. The van der Waals surface area contributed by atoms with E-state index in [4.69, 9.17) is 11.6 Å². The first-order chi connectivity index (χ1) is 10.6. The third-order valence-corrected chi connectivity index (χ3v) is 4.12. The third kappa shape index (κ3) is 5.02. The third-order valence-electron chi connectivity index (χ3n) is 3.89. The summed E-state index contributed by atoms with van der Waals surface area (Å²) in [6, 6.07) is 8.42. The van der Waals surface area contributed by atoms with Gasteiger partial charge in [-0.2, -0.15) is 5.11 Å². The summed E-state index contributed by atoms with van der Waals surface area (Å²) in [6.07, 6.45) is 5.26. The highest BCUT2D eigenvalue weighted by atomic mass is 35.5. The molecule has 1 aliphatic heterocycles. The van der Waals surface area contributed by atoms with Crippen molar-refractivity contribution in [2.45, 2.75) is 45.2 Å². The van der Waals surface area contributed by atoms with Crippen LogP contribution in [0.15, 0.2) is 46.3 Å². The minimum Gasteiger partial charge on any atom is -0.378 e. The lowest BCUT2D eigenvalue weighted by Crippen LogP contribution is -2.28. The first-order valence-electron chi connectivity index (χ1n) is 7.91. The van der Waals surface area contributed by atoms with Gasteiger partial charge in [-0.15, -0.1) is 0 Å². The van der Waals surface area contributed by atoms with Crippen LogP contribution in [0.4, 0.5) is 5.69 Å². The van der Waals surface area contributed by atoms with Crippen LogP contribution in [0, 0.1) is 0 Å². The van der Waals surface area contributed by atoms with Crippen LogP contribution >= 0.6 is 11.6 Å². The number of rotatable bonds is 3. The molecule has 0 saturated carbocycles. The van der Waals surface area contributed by atoms with Crippen molar-refractivity contribution in [3.8, 4) is 0 Å². The summed E-state index contributed by atoms with van der Waals surface area (Å²) in [5, 5.41) is 14.9. The number of hydrogen-bond acceptors (Lipinski definition) is 4. The minimum atomic E-state index is 0.217. The zero-order valence-electron chi connectivity index (χ0n) is 13.6. The molecule has 0 amide bonds. The molecular weight excluding hydrogens is 296 g/mol. The Morgan fingerprint density at radius 2 is 2.23 bits per heavy atom.